The van der Waals surface area contributed by atoms with Gasteiger partial charge in [0.2, 0.25) is 11.8 Å². The van der Waals surface area contributed by atoms with Gasteiger partial charge in [0.05, 0.1) is 11.5 Å². The molecular formula is C27H25F3N4O3. The Morgan fingerprint density at radius 3 is 2.54 bits per heavy atom. The molecule has 1 aromatic heterocycles. The van der Waals surface area contributed by atoms with E-state index < -0.39 is 17.7 Å². The quantitative estimate of drug-likeness (QED) is 0.508. The van der Waals surface area contributed by atoms with Gasteiger partial charge in [-0.3, -0.25) is 9.59 Å². The summed E-state index contributed by atoms with van der Waals surface area (Å²) in [5.41, 5.74) is 1.87. The summed E-state index contributed by atoms with van der Waals surface area (Å²) in [6.45, 7) is 0.403. The predicted octanol–water partition coefficient (Wildman–Crippen LogP) is 4.93. The molecule has 0 unspecified atom stereocenters. The van der Waals surface area contributed by atoms with E-state index in [0.29, 0.717) is 30.5 Å². The summed E-state index contributed by atoms with van der Waals surface area (Å²) in [6.07, 6.45) is 1.98. The molecular weight excluding hydrogens is 485 g/mol. The number of fused-ring (bicyclic) bond motifs is 1. The lowest BCUT2D eigenvalue weighted by Gasteiger charge is -2.39. The van der Waals surface area contributed by atoms with E-state index in [1.807, 2.05) is 0 Å². The van der Waals surface area contributed by atoms with Crippen molar-refractivity contribution in [3.8, 4) is 11.5 Å². The maximum Gasteiger partial charge on any atom is 0.314 e. The summed E-state index contributed by atoms with van der Waals surface area (Å²) >= 11 is 0. The molecule has 0 saturated heterocycles. The summed E-state index contributed by atoms with van der Waals surface area (Å²) in [4.78, 5) is 28.7. The van der Waals surface area contributed by atoms with Gasteiger partial charge >= 0.3 is 6.43 Å². The summed E-state index contributed by atoms with van der Waals surface area (Å²) < 4.78 is 44.2. The van der Waals surface area contributed by atoms with Crippen LogP contribution in [0.3, 0.4) is 0 Å². The van der Waals surface area contributed by atoms with Crippen LogP contribution in [0.5, 0.6) is 0 Å². The molecule has 1 aliphatic heterocycles. The van der Waals surface area contributed by atoms with E-state index >= 15 is 0 Å². The van der Waals surface area contributed by atoms with Crippen LogP contribution in [0.15, 0.2) is 46.9 Å². The zero-order valence-electron chi connectivity index (χ0n) is 19.9. The first-order valence-electron chi connectivity index (χ1n) is 12.5. The minimum atomic E-state index is -2.87. The van der Waals surface area contributed by atoms with Gasteiger partial charge in [-0.1, -0.05) is 31.0 Å². The topological polar surface area (TPSA) is 88.3 Å². The summed E-state index contributed by atoms with van der Waals surface area (Å²) in [5, 5.41) is 10.3. The second kappa shape index (κ2) is 9.00. The molecule has 192 valence electrons. The second-order valence-electron chi connectivity index (χ2n) is 10.1. The first kappa shape index (κ1) is 23.7. The van der Waals surface area contributed by atoms with Gasteiger partial charge in [0.1, 0.15) is 5.82 Å². The highest BCUT2D eigenvalue weighted by molar-refractivity contribution is 5.99. The van der Waals surface area contributed by atoms with E-state index in [1.165, 1.54) is 12.1 Å². The van der Waals surface area contributed by atoms with Crippen molar-refractivity contribution in [3.05, 3.63) is 70.9 Å². The largest absolute Gasteiger partial charge is 0.415 e. The third-order valence-corrected chi connectivity index (χ3v) is 7.84. The molecule has 10 heteroatoms. The zero-order valence-corrected chi connectivity index (χ0v) is 19.9. The number of benzene rings is 2. The van der Waals surface area contributed by atoms with Crippen molar-refractivity contribution < 1.29 is 27.2 Å². The third kappa shape index (κ3) is 4.18. The fourth-order valence-electron chi connectivity index (χ4n) is 5.66. The average Bonchev–Trinajstić information content (AvgIpc) is 3.44. The lowest BCUT2D eigenvalue weighted by atomic mass is 9.87. The number of amides is 2. The van der Waals surface area contributed by atoms with Crippen molar-refractivity contribution in [1.29, 1.82) is 0 Å². The predicted molar refractivity (Wildman–Crippen MR) is 126 cm³/mol. The van der Waals surface area contributed by atoms with E-state index in [0.717, 1.165) is 36.8 Å². The van der Waals surface area contributed by atoms with Crippen LogP contribution in [0.1, 0.15) is 72.3 Å². The van der Waals surface area contributed by atoms with Crippen molar-refractivity contribution >= 4 is 11.8 Å². The number of nitrogens with one attached hydrogen (secondary N) is 1. The molecule has 3 aliphatic rings. The van der Waals surface area contributed by atoms with E-state index in [-0.39, 0.29) is 35.6 Å². The molecule has 0 bridgehead atoms. The SMILES string of the molecule is O=C1c2cc(-c3nnc(C(F)F)o3)ccc2CN1[C@@H]1CCCC[C@H]1NC(=O)C1(c2ccc(F)cc2)CC1. The smallest absolute Gasteiger partial charge is 0.314 e. The van der Waals surface area contributed by atoms with Crippen LogP contribution in [0.4, 0.5) is 13.2 Å². The van der Waals surface area contributed by atoms with Crippen LogP contribution >= 0.6 is 0 Å². The number of nitrogens with zero attached hydrogens (tertiary/aromatic N) is 3. The van der Waals surface area contributed by atoms with Gasteiger partial charge < -0.3 is 14.6 Å². The molecule has 2 heterocycles. The molecule has 2 aromatic carbocycles. The normalized spacial score (nSPS) is 22.3. The fourth-order valence-corrected chi connectivity index (χ4v) is 5.66. The van der Waals surface area contributed by atoms with Crippen LogP contribution in [-0.4, -0.2) is 39.0 Å². The molecule has 7 nitrogen and oxygen atoms in total. The minimum absolute atomic E-state index is 0.0670. The van der Waals surface area contributed by atoms with Gasteiger partial charge in [-0.05, 0) is 61.1 Å². The molecule has 3 aromatic rings. The fraction of sp³-hybridized carbons (Fsp3) is 0.407. The Morgan fingerprint density at radius 2 is 1.84 bits per heavy atom. The highest BCUT2D eigenvalue weighted by Gasteiger charge is 2.52. The van der Waals surface area contributed by atoms with E-state index in [2.05, 4.69) is 15.5 Å². The van der Waals surface area contributed by atoms with Crippen molar-refractivity contribution in [2.75, 3.05) is 0 Å². The molecule has 0 radical (unpaired) electrons. The number of aromatic nitrogens is 2. The van der Waals surface area contributed by atoms with Gasteiger partial charge in [-0.25, -0.2) is 4.39 Å². The summed E-state index contributed by atoms with van der Waals surface area (Å²) in [5.74, 6) is -1.41. The molecule has 6 rings (SSSR count). The van der Waals surface area contributed by atoms with E-state index in [1.54, 1.807) is 35.2 Å². The van der Waals surface area contributed by atoms with Gasteiger partial charge in [-0.15, -0.1) is 10.2 Å². The van der Waals surface area contributed by atoms with Crippen LogP contribution in [0.2, 0.25) is 0 Å². The Labute approximate surface area is 211 Å². The Balaban J connectivity index is 1.20. The molecule has 0 spiro atoms. The van der Waals surface area contributed by atoms with Crippen molar-refractivity contribution in [2.24, 2.45) is 0 Å². The lowest BCUT2D eigenvalue weighted by molar-refractivity contribution is -0.125. The minimum Gasteiger partial charge on any atom is -0.415 e. The Kier molecular flexibility index (Phi) is 5.77. The number of alkyl halides is 2. The number of hydrogen-bond donors (Lipinski definition) is 1. The molecule has 2 aliphatic carbocycles. The molecule has 37 heavy (non-hydrogen) atoms. The Hall–Kier alpha value is -3.69. The monoisotopic (exact) mass is 510 g/mol. The average molecular weight is 511 g/mol. The van der Waals surface area contributed by atoms with Crippen LogP contribution in [0.25, 0.3) is 11.5 Å². The number of carbonyl (C=O) groups is 2. The Morgan fingerprint density at radius 1 is 1.08 bits per heavy atom. The maximum absolute atomic E-state index is 13.5. The van der Waals surface area contributed by atoms with Crippen molar-refractivity contribution in [3.63, 3.8) is 0 Å². The number of hydrogen-bond acceptors (Lipinski definition) is 5. The molecule has 2 amide bonds. The molecule has 2 saturated carbocycles. The third-order valence-electron chi connectivity index (χ3n) is 7.84. The van der Waals surface area contributed by atoms with Gasteiger partial charge in [0.15, 0.2) is 0 Å². The summed E-state index contributed by atoms with van der Waals surface area (Å²) in [6, 6.07) is 10.8. The van der Waals surface area contributed by atoms with Crippen molar-refractivity contribution in [2.45, 2.75) is 69.0 Å². The van der Waals surface area contributed by atoms with E-state index in [9.17, 15) is 22.8 Å². The number of rotatable bonds is 6. The maximum atomic E-state index is 13.5. The zero-order chi connectivity index (χ0) is 25.7. The first-order valence-corrected chi connectivity index (χ1v) is 12.5. The highest BCUT2D eigenvalue weighted by Crippen LogP contribution is 2.48. The van der Waals surface area contributed by atoms with Crippen molar-refractivity contribution in [1.82, 2.24) is 20.4 Å². The van der Waals surface area contributed by atoms with Crippen LogP contribution < -0.4 is 5.32 Å². The molecule has 2 atom stereocenters. The number of carbonyl (C=O) groups excluding carboxylic acids is 2. The van der Waals surface area contributed by atoms with Gasteiger partial charge in [0, 0.05) is 23.7 Å². The number of halogens is 3. The van der Waals surface area contributed by atoms with Crippen LogP contribution in [0, 0.1) is 5.82 Å². The van der Waals surface area contributed by atoms with Gasteiger partial charge in [0.25, 0.3) is 11.8 Å². The van der Waals surface area contributed by atoms with Gasteiger partial charge in [-0.2, -0.15) is 8.78 Å². The molecule has 1 N–H and O–H groups in total. The summed E-state index contributed by atoms with van der Waals surface area (Å²) in [7, 11) is 0. The standard InChI is InChI=1S/C27H25F3N4O3/c28-18-9-7-17(8-10-18)27(11-12-27)26(36)31-20-3-1-2-4-21(20)34-14-16-6-5-15(13-19(16)25(34)35)23-32-33-24(37-23)22(29)30/h5-10,13,20-22H,1-4,11-12,14H2,(H,31,36)/t20-,21-/m1/s1. The second-order valence-corrected chi connectivity index (χ2v) is 10.1. The first-order chi connectivity index (χ1) is 17.9. The van der Waals surface area contributed by atoms with E-state index in [4.69, 9.17) is 4.42 Å². The highest BCUT2D eigenvalue weighted by atomic mass is 19.3. The Bertz CT molecular complexity index is 1350. The lowest BCUT2D eigenvalue weighted by Crippen LogP contribution is -2.55. The molecule has 2 fully saturated rings. The van der Waals surface area contributed by atoms with Crippen LogP contribution in [-0.2, 0) is 16.8 Å².